The van der Waals surface area contributed by atoms with E-state index >= 15 is 0 Å². The minimum Gasteiger partial charge on any atom is -0.392 e. The Morgan fingerprint density at radius 2 is 1.92 bits per heavy atom. The topological polar surface area (TPSA) is 20.2 Å². The van der Waals surface area contributed by atoms with Gasteiger partial charge in [-0.15, -0.1) is 0 Å². The third kappa shape index (κ3) is 3.37. The molecule has 1 atom stereocenters. The van der Waals surface area contributed by atoms with Crippen LogP contribution in [0.1, 0.15) is 12.0 Å². The highest BCUT2D eigenvalue weighted by Crippen LogP contribution is 2.05. The molecule has 0 aromatic heterocycles. The van der Waals surface area contributed by atoms with Crippen LogP contribution in [-0.4, -0.2) is 16.5 Å². The van der Waals surface area contributed by atoms with Crippen LogP contribution in [0.5, 0.6) is 0 Å². The first-order chi connectivity index (χ1) is 5.83. The maximum absolute atomic E-state index is 9.27. The van der Waals surface area contributed by atoms with Gasteiger partial charge in [0.2, 0.25) is 0 Å². The molecule has 1 aromatic rings. The third-order valence-corrected chi connectivity index (χ3v) is 2.53. The number of aliphatic hydroxyl groups excluding tert-OH is 1. The average molecular weight is 229 g/mol. The van der Waals surface area contributed by atoms with Crippen molar-refractivity contribution in [1.29, 1.82) is 0 Å². The molecule has 0 aliphatic rings. The summed E-state index contributed by atoms with van der Waals surface area (Å²) >= 11 is 3.24. The Hall–Kier alpha value is -0.340. The number of alkyl halides is 1. The number of hydrogen-bond donors (Lipinski definition) is 1. The zero-order valence-corrected chi connectivity index (χ0v) is 8.50. The zero-order valence-electron chi connectivity index (χ0n) is 6.91. The highest BCUT2D eigenvalue weighted by molar-refractivity contribution is 9.09. The number of hydrogen-bond acceptors (Lipinski definition) is 1. The van der Waals surface area contributed by atoms with Crippen LogP contribution >= 0.6 is 15.9 Å². The fraction of sp³-hybridized carbons (Fsp3) is 0.400. The van der Waals surface area contributed by atoms with Crippen molar-refractivity contribution in [3.05, 3.63) is 35.9 Å². The summed E-state index contributed by atoms with van der Waals surface area (Å²) in [6.07, 6.45) is 1.56. The highest BCUT2D eigenvalue weighted by atomic mass is 79.9. The van der Waals surface area contributed by atoms with Crippen LogP contribution in [0.25, 0.3) is 0 Å². The lowest BCUT2D eigenvalue weighted by molar-refractivity contribution is 0.191. The van der Waals surface area contributed by atoms with E-state index in [4.69, 9.17) is 0 Å². The molecule has 0 spiro atoms. The van der Waals surface area contributed by atoms with Crippen LogP contribution in [0.4, 0.5) is 0 Å². The molecule has 0 saturated heterocycles. The van der Waals surface area contributed by atoms with Gasteiger partial charge in [-0.3, -0.25) is 0 Å². The largest absolute Gasteiger partial charge is 0.392 e. The van der Waals surface area contributed by atoms with Gasteiger partial charge in [-0.1, -0.05) is 46.3 Å². The van der Waals surface area contributed by atoms with E-state index in [1.807, 2.05) is 18.2 Å². The zero-order chi connectivity index (χ0) is 8.81. The van der Waals surface area contributed by atoms with E-state index in [9.17, 15) is 5.11 Å². The number of halogens is 1. The number of benzene rings is 1. The Kier molecular flexibility index (Phi) is 4.33. The molecule has 0 radical (unpaired) electrons. The minimum atomic E-state index is -0.217. The van der Waals surface area contributed by atoms with E-state index < -0.39 is 0 Å². The number of aryl methyl sites for hydroxylation is 1. The molecule has 0 aliphatic carbocycles. The molecule has 2 heteroatoms. The van der Waals surface area contributed by atoms with Gasteiger partial charge >= 0.3 is 0 Å². The van der Waals surface area contributed by atoms with E-state index in [1.165, 1.54) is 5.56 Å². The molecule has 0 amide bonds. The molecule has 0 bridgehead atoms. The van der Waals surface area contributed by atoms with Crippen LogP contribution in [0.15, 0.2) is 30.3 Å². The summed E-state index contributed by atoms with van der Waals surface area (Å²) in [6, 6.07) is 10.2. The van der Waals surface area contributed by atoms with Crippen molar-refractivity contribution in [1.82, 2.24) is 0 Å². The Labute approximate surface area is 81.6 Å². The summed E-state index contributed by atoms with van der Waals surface area (Å²) in [6.45, 7) is 0. The van der Waals surface area contributed by atoms with Crippen molar-refractivity contribution < 1.29 is 5.11 Å². The molecule has 1 aromatic carbocycles. The summed E-state index contributed by atoms with van der Waals surface area (Å²) in [5, 5.41) is 9.94. The third-order valence-electron chi connectivity index (χ3n) is 1.79. The standard InChI is InChI=1S/C10H13BrO/c11-8-10(12)7-6-9-4-2-1-3-5-9/h1-5,10,12H,6-8H2. The van der Waals surface area contributed by atoms with Gasteiger partial charge in [-0.05, 0) is 18.4 Å². The van der Waals surface area contributed by atoms with Crippen molar-refractivity contribution in [2.75, 3.05) is 5.33 Å². The van der Waals surface area contributed by atoms with Gasteiger partial charge in [-0.25, -0.2) is 0 Å². The Bertz CT molecular complexity index is 210. The molecule has 0 fully saturated rings. The first-order valence-corrected chi connectivity index (χ1v) is 5.23. The molecule has 1 unspecified atom stereocenters. The second-order valence-corrected chi connectivity index (χ2v) is 3.48. The predicted octanol–water partition coefficient (Wildman–Crippen LogP) is 2.38. The van der Waals surface area contributed by atoms with Gasteiger partial charge in [-0.2, -0.15) is 0 Å². The molecule has 1 N–H and O–H groups in total. The van der Waals surface area contributed by atoms with E-state index in [-0.39, 0.29) is 6.10 Å². The van der Waals surface area contributed by atoms with E-state index in [0.717, 1.165) is 12.8 Å². The molecule has 1 nitrogen and oxygen atoms in total. The van der Waals surface area contributed by atoms with Crippen molar-refractivity contribution >= 4 is 15.9 Å². The smallest absolute Gasteiger partial charge is 0.0640 e. The van der Waals surface area contributed by atoms with Crippen molar-refractivity contribution in [3.63, 3.8) is 0 Å². The minimum absolute atomic E-state index is 0.217. The maximum Gasteiger partial charge on any atom is 0.0640 e. The van der Waals surface area contributed by atoms with Gasteiger partial charge in [0.05, 0.1) is 6.10 Å². The fourth-order valence-corrected chi connectivity index (χ4v) is 1.38. The lowest BCUT2D eigenvalue weighted by atomic mass is 10.1. The van der Waals surface area contributed by atoms with Gasteiger partial charge in [0.25, 0.3) is 0 Å². The normalized spacial score (nSPS) is 12.8. The summed E-state index contributed by atoms with van der Waals surface area (Å²) in [5.41, 5.74) is 1.29. The lowest BCUT2D eigenvalue weighted by Crippen LogP contribution is -2.08. The molecule has 0 aliphatic heterocycles. The lowest BCUT2D eigenvalue weighted by Gasteiger charge is -2.05. The van der Waals surface area contributed by atoms with Crippen LogP contribution < -0.4 is 0 Å². The first-order valence-electron chi connectivity index (χ1n) is 4.11. The van der Waals surface area contributed by atoms with Gasteiger partial charge in [0.15, 0.2) is 0 Å². The second-order valence-electron chi connectivity index (χ2n) is 2.83. The highest BCUT2D eigenvalue weighted by Gasteiger charge is 2.00. The quantitative estimate of drug-likeness (QED) is 0.786. The summed E-state index contributed by atoms with van der Waals surface area (Å²) in [5.74, 6) is 0. The monoisotopic (exact) mass is 228 g/mol. The Balaban J connectivity index is 2.33. The molecular weight excluding hydrogens is 216 g/mol. The van der Waals surface area contributed by atoms with E-state index in [2.05, 4.69) is 28.1 Å². The summed E-state index contributed by atoms with van der Waals surface area (Å²) < 4.78 is 0. The Morgan fingerprint density at radius 3 is 2.50 bits per heavy atom. The van der Waals surface area contributed by atoms with Gasteiger partial charge in [0.1, 0.15) is 0 Å². The van der Waals surface area contributed by atoms with Crippen molar-refractivity contribution in [2.24, 2.45) is 0 Å². The molecular formula is C10H13BrO. The van der Waals surface area contributed by atoms with Crippen molar-refractivity contribution in [3.8, 4) is 0 Å². The van der Waals surface area contributed by atoms with Crippen LogP contribution in [-0.2, 0) is 6.42 Å². The second kappa shape index (κ2) is 5.33. The van der Waals surface area contributed by atoms with E-state index in [1.54, 1.807) is 0 Å². The maximum atomic E-state index is 9.27. The number of rotatable bonds is 4. The van der Waals surface area contributed by atoms with Crippen molar-refractivity contribution in [2.45, 2.75) is 18.9 Å². The van der Waals surface area contributed by atoms with Crippen LogP contribution in [0.2, 0.25) is 0 Å². The SMILES string of the molecule is OC(CBr)CCc1ccccc1. The Morgan fingerprint density at radius 1 is 1.25 bits per heavy atom. The molecule has 0 heterocycles. The first kappa shape index (κ1) is 9.75. The average Bonchev–Trinajstić information content (AvgIpc) is 2.16. The summed E-state index contributed by atoms with van der Waals surface area (Å²) in [7, 11) is 0. The van der Waals surface area contributed by atoms with Crippen LogP contribution in [0, 0.1) is 0 Å². The fourth-order valence-electron chi connectivity index (χ4n) is 1.06. The molecule has 12 heavy (non-hydrogen) atoms. The van der Waals surface area contributed by atoms with Gasteiger partial charge < -0.3 is 5.11 Å². The molecule has 0 saturated carbocycles. The van der Waals surface area contributed by atoms with Gasteiger partial charge in [0, 0.05) is 5.33 Å². The predicted molar refractivity (Wildman–Crippen MR) is 54.6 cm³/mol. The van der Waals surface area contributed by atoms with Crippen LogP contribution in [0.3, 0.4) is 0 Å². The van der Waals surface area contributed by atoms with E-state index in [0.29, 0.717) is 5.33 Å². The molecule has 66 valence electrons. The summed E-state index contributed by atoms with van der Waals surface area (Å²) in [4.78, 5) is 0. The molecule has 1 rings (SSSR count). The number of aliphatic hydroxyl groups is 1.